The van der Waals surface area contributed by atoms with E-state index >= 15 is 0 Å². The molecule has 0 atom stereocenters. The van der Waals surface area contributed by atoms with Crippen LogP contribution in [0.1, 0.15) is 25.6 Å². The first-order valence-corrected chi connectivity index (χ1v) is 8.19. The molecule has 1 heterocycles. The molecular weight excluding hydrogens is 281 g/mol. The molecule has 2 rings (SSSR count). The highest BCUT2D eigenvalue weighted by Gasteiger charge is 2.08. The fourth-order valence-electron chi connectivity index (χ4n) is 2.11. The molecule has 2 aromatic rings. The Morgan fingerprint density at radius 2 is 2.00 bits per heavy atom. The van der Waals surface area contributed by atoms with Crippen LogP contribution in [0.4, 0.5) is 4.39 Å². The smallest absolute Gasteiger partial charge is 0.131 e. The maximum absolute atomic E-state index is 13.8. The summed E-state index contributed by atoms with van der Waals surface area (Å²) in [5, 5.41) is 3.37. The topological polar surface area (TPSA) is 12.0 Å². The van der Waals surface area contributed by atoms with E-state index in [2.05, 4.69) is 38.2 Å². The minimum absolute atomic E-state index is 0.161. The average molecular weight is 303 g/mol. The highest BCUT2D eigenvalue weighted by Crippen LogP contribution is 2.31. The highest BCUT2D eigenvalue weighted by atomic mass is 32.1. The summed E-state index contributed by atoms with van der Waals surface area (Å²) in [7, 11) is 0. The summed E-state index contributed by atoms with van der Waals surface area (Å²) in [5.41, 5.74) is 2.05. The third kappa shape index (κ3) is 4.26. The molecule has 0 saturated carbocycles. The Balaban J connectivity index is 2.24. The van der Waals surface area contributed by atoms with Crippen molar-refractivity contribution in [1.29, 1.82) is 0 Å². The molecular formula is C18H22FNS. The van der Waals surface area contributed by atoms with Crippen molar-refractivity contribution in [3.63, 3.8) is 0 Å². The third-order valence-electron chi connectivity index (χ3n) is 3.41. The summed E-state index contributed by atoms with van der Waals surface area (Å²) in [4.78, 5) is 2.15. The summed E-state index contributed by atoms with van der Waals surface area (Å²) in [6.45, 7) is 8.39. The fraction of sp³-hybridized carbons (Fsp3) is 0.333. The van der Waals surface area contributed by atoms with Crippen LogP contribution >= 0.6 is 11.3 Å². The average Bonchev–Trinajstić information content (AvgIpc) is 2.92. The van der Waals surface area contributed by atoms with Crippen molar-refractivity contribution < 1.29 is 4.39 Å². The minimum Gasteiger partial charge on any atom is -0.313 e. The Kier molecular flexibility index (Phi) is 5.71. The second kappa shape index (κ2) is 7.53. The molecule has 0 aliphatic rings. The molecule has 0 spiro atoms. The van der Waals surface area contributed by atoms with Crippen LogP contribution in [0, 0.1) is 11.7 Å². The van der Waals surface area contributed by atoms with Crippen molar-refractivity contribution in [1.82, 2.24) is 5.32 Å². The predicted octanol–water partition coefficient (Wildman–Crippen LogP) is 5.20. The number of hydrogen-bond acceptors (Lipinski definition) is 2. The van der Waals surface area contributed by atoms with Gasteiger partial charge in [0.1, 0.15) is 5.82 Å². The highest BCUT2D eigenvalue weighted by molar-refractivity contribution is 7.16. The van der Waals surface area contributed by atoms with E-state index in [1.807, 2.05) is 18.2 Å². The van der Waals surface area contributed by atoms with Gasteiger partial charge in [0.05, 0.1) is 0 Å². The van der Waals surface area contributed by atoms with Crippen molar-refractivity contribution in [3.05, 3.63) is 52.7 Å². The van der Waals surface area contributed by atoms with E-state index in [4.69, 9.17) is 0 Å². The summed E-state index contributed by atoms with van der Waals surface area (Å²) in [6.07, 6.45) is 2.22. The van der Waals surface area contributed by atoms with Gasteiger partial charge in [-0.1, -0.05) is 44.5 Å². The lowest BCUT2D eigenvalue weighted by Crippen LogP contribution is -2.18. The number of likely N-dealkylation sites (N-methyl/N-ethyl adjacent to an activating group) is 1. The molecule has 0 unspecified atom stereocenters. The van der Waals surface area contributed by atoms with Crippen molar-refractivity contribution in [2.45, 2.75) is 20.8 Å². The van der Waals surface area contributed by atoms with Crippen LogP contribution in [0.5, 0.6) is 0 Å². The molecule has 0 aliphatic heterocycles. The first-order chi connectivity index (χ1) is 10.1. The standard InChI is InChI=1S/C18H22FNS/c1-4-20-12-14(13(2)3)11-15-9-10-18(21-15)16-7-5-6-8-17(16)19/h5-11,13,20H,4,12H2,1-3H3. The molecule has 1 nitrogen and oxygen atoms in total. The Bertz CT molecular complexity index is 613. The lowest BCUT2D eigenvalue weighted by atomic mass is 10.0. The third-order valence-corrected chi connectivity index (χ3v) is 4.48. The van der Waals surface area contributed by atoms with E-state index in [0.717, 1.165) is 18.0 Å². The number of rotatable bonds is 6. The van der Waals surface area contributed by atoms with Crippen LogP contribution in [-0.2, 0) is 0 Å². The van der Waals surface area contributed by atoms with Crippen molar-refractivity contribution >= 4 is 17.4 Å². The van der Waals surface area contributed by atoms with Gasteiger partial charge in [-0.2, -0.15) is 0 Å². The Labute approximate surface area is 130 Å². The molecule has 0 amide bonds. The molecule has 0 saturated heterocycles. The van der Waals surface area contributed by atoms with Gasteiger partial charge >= 0.3 is 0 Å². The van der Waals surface area contributed by atoms with Crippen molar-refractivity contribution in [2.24, 2.45) is 5.92 Å². The summed E-state index contributed by atoms with van der Waals surface area (Å²) in [6, 6.07) is 11.0. The van der Waals surface area contributed by atoms with Crippen LogP contribution in [-0.4, -0.2) is 13.1 Å². The van der Waals surface area contributed by atoms with Gasteiger partial charge in [-0.15, -0.1) is 11.3 Å². The molecule has 3 heteroatoms. The van der Waals surface area contributed by atoms with Crippen LogP contribution in [0.3, 0.4) is 0 Å². The Hall–Kier alpha value is -1.45. The van der Waals surface area contributed by atoms with E-state index < -0.39 is 0 Å². The minimum atomic E-state index is -0.161. The van der Waals surface area contributed by atoms with Crippen LogP contribution in [0.25, 0.3) is 16.5 Å². The molecule has 0 fully saturated rings. The van der Waals surface area contributed by atoms with Crippen LogP contribution in [0.15, 0.2) is 42.0 Å². The zero-order chi connectivity index (χ0) is 15.2. The number of hydrogen-bond donors (Lipinski definition) is 1. The molecule has 21 heavy (non-hydrogen) atoms. The summed E-state index contributed by atoms with van der Waals surface area (Å²) < 4.78 is 13.8. The number of thiophene rings is 1. The second-order valence-electron chi connectivity index (χ2n) is 5.34. The number of nitrogens with one attached hydrogen (secondary N) is 1. The van der Waals surface area contributed by atoms with Gasteiger partial charge in [0.25, 0.3) is 0 Å². The summed E-state index contributed by atoms with van der Waals surface area (Å²) >= 11 is 1.64. The van der Waals surface area contributed by atoms with Crippen LogP contribution in [0.2, 0.25) is 0 Å². The Morgan fingerprint density at radius 1 is 1.24 bits per heavy atom. The predicted molar refractivity (Wildman–Crippen MR) is 91.1 cm³/mol. The van der Waals surface area contributed by atoms with E-state index in [1.54, 1.807) is 17.4 Å². The molecule has 0 bridgehead atoms. The number of halogens is 1. The van der Waals surface area contributed by atoms with E-state index in [0.29, 0.717) is 11.5 Å². The molecule has 1 N–H and O–H groups in total. The fourth-order valence-corrected chi connectivity index (χ4v) is 3.12. The van der Waals surface area contributed by atoms with E-state index in [-0.39, 0.29) is 5.82 Å². The largest absolute Gasteiger partial charge is 0.313 e. The number of benzene rings is 1. The molecule has 0 aliphatic carbocycles. The lowest BCUT2D eigenvalue weighted by Gasteiger charge is -2.11. The van der Waals surface area contributed by atoms with Crippen LogP contribution < -0.4 is 5.32 Å². The monoisotopic (exact) mass is 303 g/mol. The lowest BCUT2D eigenvalue weighted by molar-refractivity contribution is 0.631. The molecule has 1 aromatic carbocycles. The molecule has 112 valence electrons. The first-order valence-electron chi connectivity index (χ1n) is 7.37. The maximum atomic E-state index is 13.8. The van der Waals surface area contributed by atoms with Gasteiger partial charge in [0, 0.05) is 21.9 Å². The first kappa shape index (κ1) is 15.9. The van der Waals surface area contributed by atoms with E-state index in [1.165, 1.54) is 16.5 Å². The quantitative estimate of drug-likeness (QED) is 0.773. The maximum Gasteiger partial charge on any atom is 0.131 e. The van der Waals surface area contributed by atoms with Gasteiger partial charge in [-0.3, -0.25) is 0 Å². The van der Waals surface area contributed by atoms with Gasteiger partial charge in [-0.05, 0) is 36.7 Å². The zero-order valence-electron chi connectivity index (χ0n) is 12.8. The van der Waals surface area contributed by atoms with Crippen molar-refractivity contribution in [2.75, 3.05) is 13.1 Å². The van der Waals surface area contributed by atoms with Gasteiger partial charge in [0.15, 0.2) is 0 Å². The Morgan fingerprint density at radius 3 is 2.67 bits per heavy atom. The molecule has 1 aromatic heterocycles. The SMILES string of the molecule is CCNCC(=Cc1ccc(-c2ccccc2F)s1)C(C)C. The zero-order valence-corrected chi connectivity index (χ0v) is 13.6. The molecule has 0 radical (unpaired) electrons. The second-order valence-corrected chi connectivity index (χ2v) is 6.45. The van der Waals surface area contributed by atoms with Crippen molar-refractivity contribution in [3.8, 4) is 10.4 Å². The normalized spacial score (nSPS) is 12.1. The van der Waals surface area contributed by atoms with Gasteiger partial charge < -0.3 is 5.32 Å². The van der Waals surface area contributed by atoms with Gasteiger partial charge in [0.2, 0.25) is 0 Å². The van der Waals surface area contributed by atoms with Gasteiger partial charge in [-0.25, -0.2) is 4.39 Å². The van der Waals surface area contributed by atoms with E-state index in [9.17, 15) is 4.39 Å². The summed E-state index contributed by atoms with van der Waals surface area (Å²) in [5.74, 6) is 0.342.